The Morgan fingerprint density at radius 1 is 1.33 bits per heavy atom. The summed E-state index contributed by atoms with van der Waals surface area (Å²) in [6, 6.07) is 3.82. The van der Waals surface area contributed by atoms with Crippen molar-refractivity contribution in [1.29, 1.82) is 0 Å². The van der Waals surface area contributed by atoms with E-state index >= 15 is 0 Å². The van der Waals surface area contributed by atoms with Crippen LogP contribution in [0.5, 0.6) is 0 Å². The van der Waals surface area contributed by atoms with Crippen molar-refractivity contribution in [3.05, 3.63) is 41.1 Å². The smallest absolute Gasteiger partial charge is 0.162 e. The fourth-order valence-electron chi connectivity index (χ4n) is 2.61. The van der Waals surface area contributed by atoms with Crippen LogP contribution >= 0.6 is 11.3 Å². The van der Waals surface area contributed by atoms with E-state index in [1.54, 1.807) is 17.6 Å². The predicted molar refractivity (Wildman–Crippen MR) is 78.7 cm³/mol. The molecule has 1 aliphatic rings. The monoisotopic (exact) mass is 301 g/mol. The number of rotatable bonds is 3. The van der Waals surface area contributed by atoms with Gasteiger partial charge in [0.1, 0.15) is 11.6 Å². The summed E-state index contributed by atoms with van der Waals surface area (Å²) in [7, 11) is 0. The first-order valence-corrected chi connectivity index (χ1v) is 7.77. The molecule has 0 radical (unpaired) electrons. The van der Waals surface area contributed by atoms with Gasteiger partial charge in [-0.3, -0.25) is 4.90 Å². The van der Waals surface area contributed by atoms with Crippen LogP contribution < -0.4 is 0 Å². The van der Waals surface area contributed by atoms with Gasteiger partial charge in [0.15, 0.2) is 10.8 Å². The Labute approximate surface area is 126 Å². The molecule has 0 fully saturated rings. The van der Waals surface area contributed by atoms with Gasteiger partial charge in [-0.15, -0.1) is 21.5 Å². The average molecular weight is 301 g/mol. The maximum Gasteiger partial charge on any atom is 0.162 e. The number of hydrogen-bond donors (Lipinski definition) is 0. The minimum Gasteiger partial charge on any atom is -0.462 e. The van der Waals surface area contributed by atoms with Crippen LogP contribution in [0.15, 0.2) is 28.2 Å². The lowest BCUT2D eigenvalue weighted by Gasteiger charge is -2.26. The predicted octanol–water partition coefficient (Wildman–Crippen LogP) is 2.32. The molecule has 0 aromatic carbocycles. The summed E-state index contributed by atoms with van der Waals surface area (Å²) in [5.74, 6) is 2.87. The molecule has 0 aliphatic carbocycles. The summed E-state index contributed by atoms with van der Waals surface area (Å²) in [6.07, 6.45) is 1.68. The van der Waals surface area contributed by atoms with E-state index in [1.165, 1.54) is 0 Å². The van der Waals surface area contributed by atoms with E-state index in [9.17, 15) is 0 Å². The van der Waals surface area contributed by atoms with Crippen LogP contribution in [0.3, 0.4) is 0 Å². The van der Waals surface area contributed by atoms with E-state index in [-0.39, 0.29) is 0 Å². The first kappa shape index (κ1) is 12.7. The van der Waals surface area contributed by atoms with Gasteiger partial charge < -0.3 is 8.98 Å². The van der Waals surface area contributed by atoms with Gasteiger partial charge in [-0.05, 0) is 19.1 Å². The average Bonchev–Trinajstić information content (AvgIpc) is 3.20. The minimum atomic E-state index is 0.828. The molecule has 21 heavy (non-hydrogen) atoms. The van der Waals surface area contributed by atoms with Gasteiger partial charge in [-0.1, -0.05) is 0 Å². The van der Waals surface area contributed by atoms with Crippen molar-refractivity contribution in [2.24, 2.45) is 0 Å². The minimum absolute atomic E-state index is 0.828. The van der Waals surface area contributed by atoms with Crippen molar-refractivity contribution in [3.8, 4) is 10.8 Å². The molecule has 3 aromatic heterocycles. The first-order chi connectivity index (χ1) is 10.3. The molecule has 0 bridgehead atoms. The Balaban J connectivity index is 1.48. The molecule has 0 spiro atoms. The van der Waals surface area contributed by atoms with Crippen molar-refractivity contribution in [2.45, 2.75) is 26.6 Å². The van der Waals surface area contributed by atoms with Crippen molar-refractivity contribution in [1.82, 2.24) is 24.6 Å². The maximum absolute atomic E-state index is 5.38. The highest BCUT2D eigenvalue weighted by Gasteiger charge is 2.20. The quantitative estimate of drug-likeness (QED) is 0.743. The number of hydrogen-bond acceptors (Lipinski definition) is 6. The van der Waals surface area contributed by atoms with Crippen LogP contribution in [0.4, 0.5) is 0 Å². The third kappa shape index (κ3) is 2.38. The second kappa shape index (κ2) is 5.09. The molecule has 0 N–H and O–H groups in total. The van der Waals surface area contributed by atoms with Gasteiger partial charge in [-0.2, -0.15) is 0 Å². The number of furan rings is 1. The zero-order valence-electron chi connectivity index (χ0n) is 11.7. The van der Waals surface area contributed by atoms with Gasteiger partial charge in [0, 0.05) is 25.0 Å². The van der Waals surface area contributed by atoms with E-state index in [2.05, 4.69) is 30.0 Å². The summed E-state index contributed by atoms with van der Waals surface area (Å²) in [4.78, 5) is 7.00. The van der Waals surface area contributed by atoms with Crippen LogP contribution in [0.1, 0.15) is 17.3 Å². The van der Waals surface area contributed by atoms with Crippen LogP contribution in [0.25, 0.3) is 10.8 Å². The van der Waals surface area contributed by atoms with Gasteiger partial charge in [-0.25, -0.2) is 4.98 Å². The number of aryl methyl sites for hydroxylation is 1. The molecule has 108 valence electrons. The molecule has 0 saturated carbocycles. The molecule has 0 amide bonds. The molecular weight excluding hydrogens is 286 g/mol. The largest absolute Gasteiger partial charge is 0.462 e. The van der Waals surface area contributed by atoms with Crippen molar-refractivity contribution in [3.63, 3.8) is 0 Å². The van der Waals surface area contributed by atoms with Crippen LogP contribution in [0, 0.1) is 6.92 Å². The van der Waals surface area contributed by atoms with E-state index in [1.807, 2.05) is 19.1 Å². The lowest BCUT2D eigenvalue weighted by Crippen LogP contribution is -2.33. The fraction of sp³-hybridized carbons (Fsp3) is 0.357. The zero-order chi connectivity index (χ0) is 14.2. The van der Waals surface area contributed by atoms with E-state index < -0.39 is 0 Å². The SMILES string of the molecule is Cc1nnc2n1CCN(Cc1csc(-c3ccco3)n1)C2. The number of aromatic nitrogens is 4. The van der Waals surface area contributed by atoms with E-state index in [0.717, 1.165) is 54.3 Å². The first-order valence-electron chi connectivity index (χ1n) is 6.89. The van der Waals surface area contributed by atoms with Crippen molar-refractivity contribution < 1.29 is 4.42 Å². The van der Waals surface area contributed by atoms with Gasteiger partial charge in [0.25, 0.3) is 0 Å². The van der Waals surface area contributed by atoms with E-state index in [4.69, 9.17) is 4.42 Å². The number of fused-ring (bicyclic) bond motifs is 1. The third-order valence-electron chi connectivity index (χ3n) is 3.69. The topological polar surface area (TPSA) is 60.0 Å². The van der Waals surface area contributed by atoms with E-state index in [0.29, 0.717) is 0 Å². The summed E-state index contributed by atoms with van der Waals surface area (Å²) in [5, 5.41) is 11.4. The summed E-state index contributed by atoms with van der Waals surface area (Å²) < 4.78 is 7.57. The van der Waals surface area contributed by atoms with Crippen LogP contribution in [-0.4, -0.2) is 31.2 Å². The maximum atomic E-state index is 5.38. The Morgan fingerprint density at radius 3 is 3.14 bits per heavy atom. The lowest BCUT2D eigenvalue weighted by atomic mass is 10.3. The van der Waals surface area contributed by atoms with Gasteiger partial charge >= 0.3 is 0 Å². The molecule has 3 aromatic rings. The van der Waals surface area contributed by atoms with Crippen LogP contribution in [-0.2, 0) is 19.6 Å². The molecule has 7 heteroatoms. The third-order valence-corrected chi connectivity index (χ3v) is 4.59. The fourth-order valence-corrected chi connectivity index (χ4v) is 3.39. The molecule has 0 saturated heterocycles. The molecule has 4 heterocycles. The number of nitrogens with zero attached hydrogens (tertiary/aromatic N) is 5. The summed E-state index contributed by atoms with van der Waals surface area (Å²) in [5.41, 5.74) is 1.08. The van der Waals surface area contributed by atoms with Gasteiger partial charge in [0.2, 0.25) is 0 Å². The summed E-state index contributed by atoms with van der Waals surface area (Å²) in [6.45, 7) is 5.61. The highest BCUT2D eigenvalue weighted by atomic mass is 32.1. The highest BCUT2D eigenvalue weighted by Crippen LogP contribution is 2.25. The Hall–Kier alpha value is -1.99. The molecular formula is C14H15N5OS. The molecule has 6 nitrogen and oxygen atoms in total. The second-order valence-corrected chi connectivity index (χ2v) is 6.01. The zero-order valence-corrected chi connectivity index (χ0v) is 12.5. The number of thiazole rings is 1. The summed E-state index contributed by atoms with van der Waals surface area (Å²) >= 11 is 1.62. The van der Waals surface area contributed by atoms with Gasteiger partial charge in [0.05, 0.1) is 18.5 Å². The normalized spacial score (nSPS) is 15.3. The molecule has 1 aliphatic heterocycles. The second-order valence-electron chi connectivity index (χ2n) is 5.15. The molecule has 0 atom stereocenters. The molecule has 4 rings (SSSR count). The highest BCUT2D eigenvalue weighted by molar-refractivity contribution is 7.13. The molecule has 0 unspecified atom stereocenters. The lowest BCUT2D eigenvalue weighted by molar-refractivity contribution is 0.206. The van der Waals surface area contributed by atoms with Crippen molar-refractivity contribution >= 4 is 11.3 Å². The Kier molecular flexibility index (Phi) is 3.08. The van der Waals surface area contributed by atoms with Crippen LogP contribution in [0.2, 0.25) is 0 Å². The standard InChI is InChI=1S/C14H15N5OS/c1-10-16-17-13-8-18(4-5-19(10)13)7-11-9-21-14(15-11)12-3-2-6-20-12/h2-3,6,9H,4-5,7-8H2,1H3. The van der Waals surface area contributed by atoms with Crippen molar-refractivity contribution in [2.75, 3.05) is 6.54 Å². The Morgan fingerprint density at radius 2 is 2.29 bits per heavy atom. The Bertz CT molecular complexity index is 745.